The lowest BCUT2D eigenvalue weighted by molar-refractivity contribution is -0.144. The molecule has 0 bridgehead atoms. The van der Waals surface area contributed by atoms with Gasteiger partial charge in [-0.1, -0.05) is 0 Å². The third-order valence-electron chi connectivity index (χ3n) is 3.11. The molecule has 1 saturated heterocycles. The molecule has 1 aliphatic heterocycles. The van der Waals surface area contributed by atoms with Gasteiger partial charge < -0.3 is 20.5 Å². The number of carboxylic acid groups (broad SMARTS) is 1. The minimum atomic E-state index is -0.958. The highest BCUT2D eigenvalue weighted by Gasteiger charge is 2.21. The Bertz CT molecular complexity index is 483. The van der Waals surface area contributed by atoms with Crippen LogP contribution in [0.1, 0.15) is 23.3 Å². The van der Waals surface area contributed by atoms with Crippen LogP contribution < -0.4 is 10.6 Å². The Morgan fingerprint density at radius 1 is 1.35 bits per heavy atom. The molecule has 20 heavy (non-hydrogen) atoms. The first-order valence-corrected chi connectivity index (χ1v) is 6.28. The lowest BCUT2D eigenvalue weighted by Crippen LogP contribution is -2.38. The van der Waals surface area contributed by atoms with Crippen molar-refractivity contribution in [1.82, 2.24) is 10.2 Å². The van der Waals surface area contributed by atoms with Crippen molar-refractivity contribution in [3.8, 4) is 0 Å². The maximum Gasteiger partial charge on any atom is 0.329 e. The van der Waals surface area contributed by atoms with Crippen LogP contribution in [0.4, 0.5) is 5.82 Å². The van der Waals surface area contributed by atoms with Crippen LogP contribution in [-0.4, -0.2) is 53.0 Å². The summed E-state index contributed by atoms with van der Waals surface area (Å²) in [6.45, 7) is 1.14. The topological polar surface area (TPSA) is 119 Å². The summed E-state index contributed by atoms with van der Waals surface area (Å²) in [6, 6.07) is 3.24. The number of hydrogen-bond acceptors (Lipinski definition) is 6. The third kappa shape index (κ3) is 3.64. The number of rotatable bonds is 5. The number of carboxylic acids is 1. The number of piperidine rings is 1. The fourth-order valence-corrected chi connectivity index (χ4v) is 2.07. The molecule has 108 valence electrons. The Labute approximate surface area is 115 Å². The number of hydrogen-bond donors (Lipinski definition) is 2. The fraction of sp³-hybridized carbons (Fsp3) is 0.500. The summed E-state index contributed by atoms with van der Waals surface area (Å²) >= 11 is 0. The van der Waals surface area contributed by atoms with Gasteiger partial charge in [0.15, 0.2) is 11.5 Å². The highest BCUT2D eigenvalue weighted by molar-refractivity contribution is 5.90. The van der Waals surface area contributed by atoms with Gasteiger partial charge in [-0.2, -0.15) is 0 Å². The Hall–Kier alpha value is -2.22. The summed E-state index contributed by atoms with van der Waals surface area (Å²) < 4.78 is 5.26. The average molecular weight is 280 g/mol. The van der Waals surface area contributed by atoms with Gasteiger partial charge in [0, 0.05) is 13.1 Å². The van der Waals surface area contributed by atoms with Gasteiger partial charge >= 0.3 is 5.97 Å². The second-order valence-electron chi connectivity index (χ2n) is 4.53. The molecule has 1 fully saturated rings. The molecule has 0 aromatic carbocycles. The Kier molecular flexibility index (Phi) is 4.46. The van der Waals surface area contributed by atoms with Gasteiger partial charge in [-0.25, -0.2) is 4.79 Å². The molecule has 8 nitrogen and oxygen atoms in total. The molecule has 0 saturated carbocycles. The van der Waals surface area contributed by atoms with Gasteiger partial charge in [0.1, 0.15) is 6.61 Å². The minimum absolute atomic E-state index is 0.0415. The van der Waals surface area contributed by atoms with Crippen molar-refractivity contribution in [3.63, 3.8) is 0 Å². The van der Waals surface area contributed by atoms with Crippen LogP contribution in [0.5, 0.6) is 0 Å². The zero-order valence-corrected chi connectivity index (χ0v) is 10.9. The van der Waals surface area contributed by atoms with E-state index in [-0.39, 0.29) is 18.4 Å². The van der Waals surface area contributed by atoms with Crippen LogP contribution in [0.3, 0.4) is 0 Å². The van der Waals surface area contributed by atoms with Crippen molar-refractivity contribution >= 4 is 17.7 Å². The molecule has 8 heteroatoms. The number of aromatic nitrogens is 2. The van der Waals surface area contributed by atoms with Crippen LogP contribution in [-0.2, 0) is 9.53 Å². The molecule has 1 amide bonds. The molecule has 1 aliphatic rings. The number of carbonyl (C=O) groups is 2. The van der Waals surface area contributed by atoms with Crippen LogP contribution in [0.15, 0.2) is 12.1 Å². The summed E-state index contributed by atoms with van der Waals surface area (Å²) in [5.41, 5.74) is 5.23. The summed E-state index contributed by atoms with van der Waals surface area (Å²) in [6.07, 6.45) is 1.42. The van der Waals surface area contributed by atoms with Gasteiger partial charge in [0.25, 0.3) is 5.91 Å². The maximum absolute atomic E-state index is 10.9. The number of anilines is 1. The molecule has 3 N–H and O–H groups in total. The highest BCUT2D eigenvalue weighted by atomic mass is 16.5. The molecule has 0 radical (unpaired) electrons. The lowest BCUT2D eigenvalue weighted by Gasteiger charge is -2.32. The molecule has 2 rings (SSSR count). The number of amides is 1. The van der Waals surface area contributed by atoms with Gasteiger partial charge in [0.05, 0.1) is 6.10 Å². The fourth-order valence-electron chi connectivity index (χ4n) is 2.07. The number of aliphatic carboxylic acids is 1. The Morgan fingerprint density at radius 2 is 2.05 bits per heavy atom. The van der Waals surface area contributed by atoms with Crippen LogP contribution in [0.25, 0.3) is 0 Å². The summed E-state index contributed by atoms with van der Waals surface area (Å²) in [5.74, 6) is -0.892. The summed E-state index contributed by atoms with van der Waals surface area (Å²) in [4.78, 5) is 23.3. The molecule has 0 spiro atoms. The van der Waals surface area contributed by atoms with E-state index < -0.39 is 11.9 Å². The highest BCUT2D eigenvalue weighted by Crippen LogP contribution is 2.19. The van der Waals surface area contributed by atoms with Crippen LogP contribution >= 0.6 is 0 Å². The summed E-state index contributed by atoms with van der Waals surface area (Å²) in [7, 11) is 0. The van der Waals surface area contributed by atoms with Gasteiger partial charge in [0.2, 0.25) is 0 Å². The average Bonchev–Trinajstić information content (AvgIpc) is 2.46. The van der Waals surface area contributed by atoms with E-state index in [2.05, 4.69) is 10.2 Å². The van der Waals surface area contributed by atoms with E-state index in [1.54, 1.807) is 6.07 Å². The molecule has 0 aliphatic carbocycles. The largest absolute Gasteiger partial charge is 0.480 e. The second kappa shape index (κ2) is 6.29. The quantitative estimate of drug-likeness (QED) is 0.756. The van der Waals surface area contributed by atoms with Crippen molar-refractivity contribution in [1.29, 1.82) is 0 Å². The van der Waals surface area contributed by atoms with Gasteiger partial charge in [-0.05, 0) is 25.0 Å². The van der Waals surface area contributed by atoms with E-state index in [1.165, 1.54) is 6.07 Å². The smallest absolute Gasteiger partial charge is 0.329 e. The maximum atomic E-state index is 10.9. The number of carbonyl (C=O) groups excluding carboxylic acids is 1. The zero-order chi connectivity index (χ0) is 14.5. The predicted molar refractivity (Wildman–Crippen MR) is 69.4 cm³/mol. The first kappa shape index (κ1) is 14.2. The predicted octanol–water partition coefficient (Wildman–Crippen LogP) is -0.355. The lowest BCUT2D eigenvalue weighted by atomic mass is 10.1. The van der Waals surface area contributed by atoms with Crippen molar-refractivity contribution in [2.24, 2.45) is 5.73 Å². The van der Waals surface area contributed by atoms with E-state index in [9.17, 15) is 9.59 Å². The van der Waals surface area contributed by atoms with E-state index >= 15 is 0 Å². The molecule has 0 atom stereocenters. The van der Waals surface area contributed by atoms with Gasteiger partial charge in [-0.15, -0.1) is 10.2 Å². The van der Waals surface area contributed by atoms with Crippen molar-refractivity contribution < 1.29 is 19.4 Å². The Balaban J connectivity index is 1.87. The van der Waals surface area contributed by atoms with E-state index in [1.807, 2.05) is 4.90 Å². The molecular weight excluding hydrogens is 264 g/mol. The minimum Gasteiger partial charge on any atom is -0.480 e. The second-order valence-corrected chi connectivity index (χ2v) is 4.53. The SMILES string of the molecule is NC(=O)c1ccc(N2CCC(OCC(=O)O)CC2)nn1. The standard InChI is InChI=1S/C12H16N4O4/c13-12(19)9-1-2-10(15-14-9)16-5-3-8(4-6-16)20-7-11(17)18/h1-2,8H,3-7H2,(H2,13,19)(H,17,18). The van der Waals surface area contributed by atoms with E-state index in [0.29, 0.717) is 18.9 Å². The first-order valence-electron chi connectivity index (χ1n) is 6.28. The molecule has 1 aromatic heterocycles. The molecule has 1 aromatic rings. The number of nitrogens with two attached hydrogens (primary N) is 1. The zero-order valence-electron chi connectivity index (χ0n) is 10.9. The normalized spacial score (nSPS) is 16.1. The third-order valence-corrected chi connectivity index (χ3v) is 3.11. The van der Waals surface area contributed by atoms with E-state index in [0.717, 1.165) is 12.8 Å². The monoisotopic (exact) mass is 280 g/mol. The van der Waals surface area contributed by atoms with Gasteiger partial charge in [-0.3, -0.25) is 4.79 Å². The number of nitrogens with zero attached hydrogens (tertiary/aromatic N) is 3. The number of ether oxygens (including phenoxy) is 1. The van der Waals surface area contributed by atoms with E-state index in [4.69, 9.17) is 15.6 Å². The van der Waals surface area contributed by atoms with Crippen LogP contribution in [0.2, 0.25) is 0 Å². The van der Waals surface area contributed by atoms with Crippen LogP contribution in [0, 0.1) is 0 Å². The van der Waals surface area contributed by atoms with Crippen molar-refractivity contribution in [3.05, 3.63) is 17.8 Å². The molecular formula is C12H16N4O4. The summed E-state index contributed by atoms with van der Waals surface area (Å²) in [5, 5.41) is 16.3. The molecule has 0 unspecified atom stereocenters. The van der Waals surface area contributed by atoms with Crippen molar-refractivity contribution in [2.45, 2.75) is 18.9 Å². The number of primary amides is 1. The van der Waals surface area contributed by atoms with Crippen molar-refractivity contribution in [2.75, 3.05) is 24.6 Å². The molecule has 2 heterocycles. The Morgan fingerprint density at radius 3 is 2.55 bits per heavy atom. The first-order chi connectivity index (χ1) is 9.56.